The van der Waals surface area contributed by atoms with Gasteiger partial charge in [-0.1, -0.05) is 0 Å². The highest BCUT2D eigenvalue weighted by molar-refractivity contribution is 5.51. The van der Waals surface area contributed by atoms with Crippen LogP contribution >= 0.6 is 0 Å². The van der Waals surface area contributed by atoms with Crippen molar-refractivity contribution in [2.75, 3.05) is 31.2 Å². The summed E-state index contributed by atoms with van der Waals surface area (Å²) in [6, 6.07) is 2.18. The first-order valence-electron chi connectivity index (χ1n) is 7.92. The van der Waals surface area contributed by atoms with E-state index in [-0.39, 0.29) is 5.54 Å². The maximum atomic E-state index is 5.58. The van der Waals surface area contributed by atoms with Crippen molar-refractivity contribution in [1.29, 1.82) is 0 Å². The monoisotopic (exact) mass is 291 g/mol. The van der Waals surface area contributed by atoms with Crippen LogP contribution in [0.2, 0.25) is 0 Å². The molecule has 0 spiro atoms. The van der Waals surface area contributed by atoms with E-state index in [2.05, 4.69) is 50.9 Å². The second-order valence-electron chi connectivity index (χ2n) is 6.94. The Bertz CT molecular complexity index is 472. The topological polar surface area (TPSA) is 37.4 Å². The van der Waals surface area contributed by atoms with Crippen LogP contribution in [0.5, 0.6) is 0 Å². The summed E-state index contributed by atoms with van der Waals surface area (Å²) in [6.45, 7) is 15.3. The molecule has 1 aromatic heterocycles. The number of hydrogen-bond donors (Lipinski definition) is 1. The molecule has 4 nitrogen and oxygen atoms in total. The predicted octanol–water partition coefficient (Wildman–Crippen LogP) is 2.81. The Balaban J connectivity index is 2.28. The fourth-order valence-electron chi connectivity index (χ4n) is 2.64. The van der Waals surface area contributed by atoms with Gasteiger partial charge >= 0.3 is 0 Å². The third-order valence-corrected chi connectivity index (χ3v) is 3.77. The summed E-state index contributed by atoms with van der Waals surface area (Å²) < 4.78 is 5.58. The van der Waals surface area contributed by atoms with Gasteiger partial charge in [0.05, 0.1) is 6.61 Å². The van der Waals surface area contributed by atoms with Gasteiger partial charge in [-0.05, 0) is 52.7 Å². The van der Waals surface area contributed by atoms with Crippen molar-refractivity contribution in [3.05, 3.63) is 22.9 Å². The van der Waals surface area contributed by atoms with Crippen molar-refractivity contribution < 1.29 is 4.74 Å². The minimum Gasteiger partial charge on any atom is -0.380 e. The zero-order chi connectivity index (χ0) is 15.5. The summed E-state index contributed by atoms with van der Waals surface area (Å²) in [6.07, 6.45) is 1.07. The van der Waals surface area contributed by atoms with Crippen LogP contribution in [0.3, 0.4) is 0 Å². The van der Waals surface area contributed by atoms with Gasteiger partial charge in [-0.15, -0.1) is 0 Å². The van der Waals surface area contributed by atoms with E-state index in [9.17, 15) is 0 Å². The third kappa shape index (κ3) is 4.68. The SMILES string of the molecule is Cc1cc(C)c(CNC(C)(C)C)c(N2CCCOCC2)n1. The summed E-state index contributed by atoms with van der Waals surface area (Å²) in [4.78, 5) is 7.21. The van der Waals surface area contributed by atoms with E-state index in [0.29, 0.717) is 0 Å². The zero-order valence-corrected chi connectivity index (χ0v) is 14.1. The molecular formula is C17H29N3O. The lowest BCUT2D eigenvalue weighted by molar-refractivity contribution is 0.152. The summed E-state index contributed by atoms with van der Waals surface area (Å²) in [7, 11) is 0. The highest BCUT2D eigenvalue weighted by Crippen LogP contribution is 2.24. The molecule has 0 unspecified atom stereocenters. The maximum Gasteiger partial charge on any atom is 0.133 e. The summed E-state index contributed by atoms with van der Waals surface area (Å²) in [5.41, 5.74) is 3.83. The van der Waals surface area contributed by atoms with Gasteiger partial charge in [-0.25, -0.2) is 4.98 Å². The summed E-state index contributed by atoms with van der Waals surface area (Å²) in [5.74, 6) is 1.13. The Morgan fingerprint density at radius 1 is 1.24 bits per heavy atom. The Morgan fingerprint density at radius 2 is 2.00 bits per heavy atom. The minimum absolute atomic E-state index is 0.108. The molecule has 0 atom stereocenters. The van der Waals surface area contributed by atoms with Crippen molar-refractivity contribution in [3.63, 3.8) is 0 Å². The molecule has 1 saturated heterocycles. The Kier molecular flexibility index (Phi) is 5.22. The summed E-state index contributed by atoms with van der Waals surface area (Å²) in [5, 5.41) is 3.60. The van der Waals surface area contributed by atoms with Crippen LogP contribution in [-0.2, 0) is 11.3 Å². The average Bonchev–Trinajstić information content (AvgIpc) is 2.64. The average molecular weight is 291 g/mol. The van der Waals surface area contributed by atoms with Crippen LogP contribution in [0.15, 0.2) is 6.07 Å². The molecule has 4 heteroatoms. The third-order valence-electron chi connectivity index (χ3n) is 3.77. The molecule has 1 aliphatic heterocycles. The van der Waals surface area contributed by atoms with Crippen LogP contribution in [0.1, 0.15) is 44.0 Å². The second kappa shape index (κ2) is 6.75. The molecule has 0 aromatic carbocycles. The normalized spacial score (nSPS) is 16.9. The number of anilines is 1. The van der Waals surface area contributed by atoms with Crippen LogP contribution in [0.25, 0.3) is 0 Å². The van der Waals surface area contributed by atoms with Crippen LogP contribution in [0, 0.1) is 13.8 Å². The van der Waals surface area contributed by atoms with E-state index in [4.69, 9.17) is 9.72 Å². The zero-order valence-electron chi connectivity index (χ0n) is 14.1. The van der Waals surface area contributed by atoms with E-state index < -0.39 is 0 Å². The van der Waals surface area contributed by atoms with E-state index in [1.165, 1.54) is 11.1 Å². The molecule has 0 saturated carbocycles. The fourth-order valence-corrected chi connectivity index (χ4v) is 2.64. The van der Waals surface area contributed by atoms with Gasteiger partial charge in [-0.2, -0.15) is 0 Å². The highest BCUT2D eigenvalue weighted by atomic mass is 16.5. The van der Waals surface area contributed by atoms with Crippen LogP contribution in [-0.4, -0.2) is 36.8 Å². The number of aryl methyl sites for hydroxylation is 2. The molecule has 1 fully saturated rings. The standard InChI is InChI=1S/C17H29N3O/c1-13-11-14(2)19-16(15(13)12-18-17(3,4)5)20-7-6-9-21-10-8-20/h11,18H,6-10,12H2,1-5H3. The first-order valence-corrected chi connectivity index (χ1v) is 7.92. The molecule has 118 valence electrons. The Hall–Kier alpha value is -1.13. The second-order valence-corrected chi connectivity index (χ2v) is 6.94. The van der Waals surface area contributed by atoms with Crippen molar-refractivity contribution in [1.82, 2.24) is 10.3 Å². The molecule has 1 aromatic rings. The van der Waals surface area contributed by atoms with E-state index in [0.717, 1.165) is 50.8 Å². The smallest absolute Gasteiger partial charge is 0.133 e. The van der Waals surface area contributed by atoms with Gasteiger partial charge < -0.3 is 15.0 Å². The van der Waals surface area contributed by atoms with Crippen molar-refractivity contribution in [2.45, 2.75) is 53.1 Å². The number of nitrogens with zero attached hydrogens (tertiary/aromatic N) is 2. The van der Waals surface area contributed by atoms with Crippen molar-refractivity contribution in [3.8, 4) is 0 Å². The number of aromatic nitrogens is 1. The lowest BCUT2D eigenvalue weighted by atomic mass is 10.0. The highest BCUT2D eigenvalue weighted by Gasteiger charge is 2.19. The van der Waals surface area contributed by atoms with Crippen LogP contribution in [0.4, 0.5) is 5.82 Å². The lowest BCUT2D eigenvalue weighted by Crippen LogP contribution is -2.36. The molecule has 0 bridgehead atoms. The minimum atomic E-state index is 0.108. The van der Waals surface area contributed by atoms with Gasteiger partial charge in [-0.3, -0.25) is 0 Å². The maximum absolute atomic E-state index is 5.58. The Morgan fingerprint density at radius 3 is 2.71 bits per heavy atom. The van der Waals surface area contributed by atoms with Crippen LogP contribution < -0.4 is 10.2 Å². The van der Waals surface area contributed by atoms with Crippen molar-refractivity contribution >= 4 is 5.82 Å². The molecule has 1 N–H and O–H groups in total. The van der Waals surface area contributed by atoms with E-state index in [1.807, 2.05) is 0 Å². The number of pyridine rings is 1. The van der Waals surface area contributed by atoms with Gasteiger partial charge in [0.15, 0.2) is 0 Å². The molecule has 2 rings (SSSR count). The summed E-state index contributed by atoms with van der Waals surface area (Å²) >= 11 is 0. The van der Waals surface area contributed by atoms with Gasteiger partial charge in [0.2, 0.25) is 0 Å². The molecular weight excluding hydrogens is 262 g/mol. The first-order chi connectivity index (χ1) is 9.87. The molecule has 2 heterocycles. The fraction of sp³-hybridized carbons (Fsp3) is 0.706. The quantitative estimate of drug-likeness (QED) is 0.929. The van der Waals surface area contributed by atoms with Gasteiger partial charge in [0.1, 0.15) is 5.82 Å². The molecule has 0 radical (unpaired) electrons. The largest absolute Gasteiger partial charge is 0.380 e. The molecule has 0 amide bonds. The molecule has 1 aliphatic rings. The number of hydrogen-bond acceptors (Lipinski definition) is 4. The predicted molar refractivity (Wildman–Crippen MR) is 88.0 cm³/mol. The number of nitrogens with one attached hydrogen (secondary N) is 1. The lowest BCUT2D eigenvalue weighted by Gasteiger charge is -2.27. The van der Waals surface area contributed by atoms with E-state index >= 15 is 0 Å². The van der Waals surface area contributed by atoms with E-state index in [1.54, 1.807) is 0 Å². The van der Waals surface area contributed by atoms with Crippen molar-refractivity contribution in [2.24, 2.45) is 0 Å². The number of rotatable bonds is 3. The number of ether oxygens (including phenoxy) is 1. The molecule has 0 aliphatic carbocycles. The first kappa shape index (κ1) is 16.2. The molecule has 21 heavy (non-hydrogen) atoms. The van der Waals surface area contributed by atoms with Gasteiger partial charge in [0, 0.05) is 43.0 Å². The van der Waals surface area contributed by atoms with Gasteiger partial charge in [0.25, 0.3) is 0 Å². The Labute approximate surface area is 128 Å².